The van der Waals surface area contributed by atoms with Crippen molar-refractivity contribution in [2.45, 2.75) is 82.6 Å². The molecule has 0 atom stereocenters. The third-order valence-corrected chi connectivity index (χ3v) is 5.92. The van der Waals surface area contributed by atoms with Crippen molar-refractivity contribution < 1.29 is 4.79 Å². The van der Waals surface area contributed by atoms with Gasteiger partial charge in [0.25, 0.3) is 0 Å². The molecule has 1 saturated heterocycles. The topological polar surface area (TPSA) is 20.3 Å². The zero-order valence-electron chi connectivity index (χ0n) is 12.3. The summed E-state index contributed by atoms with van der Waals surface area (Å²) in [6.45, 7) is 2.35. The fourth-order valence-electron chi connectivity index (χ4n) is 4.74. The van der Waals surface area contributed by atoms with Crippen molar-refractivity contribution in [1.29, 1.82) is 0 Å². The number of carbonyl (C=O) groups is 1. The number of hydrogen-bond acceptors (Lipinski definition) is 2. The maximum atomic E-state index is 12.9. The highest BCUT2D eigenvalue weighted by Crippen LogP contribution is 2.40. The van der Waals surface area contributed by atoms with E-state index in [2.05, 4.69) is 4.90 Å². The van der Waals surface area contributed by atoms with E-state index in [-0.39, 0.29) is 5.54 Å². The molecule has 2 saturated carbocycles. The van der Waals surface area contributed by atoms with Crippen LogP contribution in [0.4, 0.5) is 0 Å². The van der Waals surface area contributed by atoms with Gasteiger partial charge >= 0.3 is 0 Å². The number of rotatable bonds is 5. The average Bonchev–Trinajstić information content (AvgIpc) is 3.15. The first kappa shape index (κ1) is 13.6. The largest absolute Gasteiger partial charge is 0.298 e. The predicted octanol–water partition coefficient (Wildman–Crippen LogP) is 3.93. The van der Waals surface area contributed by atoms with E-state index < -0.39 is 0 Å². The molecule has 0 bridgehead atoms. The van der Waals surface area contributed by atoms with Gasteiger partial charge in [-0.25, -0.2) is 0 Å². The summed E-state index contributed by atoms with van der Waals surface area (Å²) in [5.41, 5.74) is -0.0187. The number of carbonyl (C=O) groups excluding carboxylic acids is 1. The lowest BCUT2D eigenvalue weighted by Crippen LogP contribution is -2.51. The van der Waals surface area contributed by atoms with Crippen LogP contribution in [0.15, 0.2) is 0 Å². The smallest absolute Gasteiger partial charge is 0.153 e. The van der Waals surface area contributed by atoms with Crippen LogP contribution in [0.5, 0.6) is 0 Å². The Morgan fingerprint density at radius 2 is 1.58 bits per heavy atom. The first-order valence-corrected chi connectivity index (χ1v) is 8.60. The van der Waals surface area contributed by atoms with Gasteiger partial charge in [-0.3, -0.25) is 9.69 Å². The van der Waals surface area contributed by atoms with Crippen LogP contribution in [-0.2, 0) is 4.79 Å². The van der Waals surface area contributed by atoms with Gasteiger partial charge in [0.05, 0.1) is 5.54 Å². The summed E-state index contributed by atoms with van der Waals surface area (Å²) in [6, 6.07) is 0. The summed E-state index contributed by atoms with van der Waals surface area (Å²) in [4.78, 5) is 15.4. The summed E-state index contributed by atoms with van der Waals surface area (Å²) in [7, 11) is 0. The van der Waals surface area contributed by atoms with Gasteiger partial charge in [0.15, 0.2) is 5.78 Å². The number of Topliss-reactive ketones (excluding diaryl/α,β-unsaturated/α-hetero) is 1. The van der Waals surface area contributed by atoms with Crippen molar-refractivity contribution in [3.63, 3.8) is 0 Å². The minimum atomic E-state index is -0.0187. The fourth-order valence-corrected chi connectivity index (χ4v) is 4.74. The van der Waals surface area contributed by atoms with E-state index >= 15 is 0 Å². The highest BCUT2D eigenvalue weighted by atomic mass is 16.1. The molecule has 0 N–H and O–H groups in total. The molecular formula is C17H29NO. The number of hydrogen-bond donors (Lipinski definition) is 0. The molecule has 0 unspecified atom stereocenters. The Balaban J connectivity index is 1.60. The molecule has 0 radical (unpaired) electrons. The van der Waals surface area contributed by atoms with Crippen LogP contribution in [-0.4, -0.2) is 29.3 Å². The first-order valence-electron chi connectivity index (χ1n) is 8.60. The van der Waals surface area contributed by atoms with E-state index in [4.69, 9.17) is 0 Å². The molecule has 2 aliphatic carbocycles. The van der Waals surface area contributed by atoms with Gasteiger partial charge in [-0.05, 0) is 51.1 Å². The molecule has 1 aliphatic heterocycles. The number of ketones is 1. The highest BCUT2D eigenvalue weighted by Gasteiger charge is 2.45. The van der Waals surface area contributed by atoms with Gasteiger partial charge in [0.1, 0.15) is 0 Å². The van der Waals surface area contributed by atoms with E-state index in [0.717, 1.165) is 25.2 Å². The third kappa shape index (κ3) is 2.74. The Kier molecular flexibility index (Phi) is 4.26. The summed E-state index contributed by atoms with van der Waals surface area (Å²) < 4.78 is 0. The minimum Gasteiger partial charge on any atom is -0.298 e. The molecule has 2 heteroatoms. The SMILES string of the molecule is O=C(CCC1CCCC1)C1(N2CCCC2)CCCC1. The van der Waals surface area contributed by atoms with Crippen LogP contribution in [0, 0.1) is 5.92 Å². The molecule has 108 valence electrons. The van der Waals surface area contributed by atoms with Gasteiger partial charge in [-0.2, -0.15) is 0 Å². The van der Waals surface area contributed by atoms with Gasteiger partial charge < -0.3 is 0 Å². The second-order valence-electron chi connectivity index (χ2n) is 7.05. The molecule has 0 aromatic rings. The van der Waals surface area contributed by atoms with Gasteiger partial charge in [-0.15, -0.1) is 0 Å². The molecule has 0 aromatic carbocycles. The fraction of sp³-hybridized carbons (Fsp3) is 0.941. The van der Waals surface area contributed by atoms with E-state index in [1.165, 1.54) is 70.9 Å². The van der Waals surface area contributed by atoms with Crippen LogP contribution in [0.1, 0.15) is 77.0 Å². The predicted molar refractivity (Wildman–Crippen MR) is 78.2 cm³/mol. The van der Waals surface area contributed by atoms with Crippen molar-refractivity contribution in [3.05, 3.63) is 0 Å². The lowest BCUT2D eigenvalue weighted by Gasteiger charge is -2.37. The van der Waals surface area contributed by atoms with Crippen molar-refractivity contribution in [3.8, 4) is 0 Å². The normalized spacial score (nSPS) is 28.2. The molecule has 3 rings (SSSR count). The van der Waals surface area contributed by atoms with Gasteiger partial charge in [-0.1, -0.05) is 38.5 Å². The summed E-state index contributed by atoms with van der Waals surface area (Å²) in [5, 5.41) is 0. The lowest BCUT2D eigenvalue weighted by atomic mass is 9.85. The summed E-state index contributed by atoms with van der Waals surface area (Å²) in [6.07, 6.45) is 15.0. The Bertz CT molecular complexity index is 307. The Labute approximate surface area is 117 Å². The minimum absolute atomic E-state index is 0.0187. The van der Waals surface area contributed by atoms with Crippen LogP contribution >= 0.6 is 0 Å². The first-order chi connectivity index (χ1) is 9.31. The van der Waals surface area contributed by atoms with Crippen LogP contribution in [0.25, 0.3) is 0 Å². The average molecular weight is 263 g/mol. The standard InChI is InChI=1S/C17H29NO/c19-16(10-9-15-7-1-2-8-15)17(11-3-4-12-17)18-13-5-6-14-18/h15H,1-14H2. The van der Waals surface area contributed by atoms with Crippen LogP contribution in [0.3, 0.4) is 0 Å². The van der Waals surface area contributed by atoms with Crippen molar-refractivity contribution in [2.24, 2.45) is 5.92 Å². The molecule has 3 aliphatic rings. The third-order valence-electron chi connectivity index (χ3n) is 5.92. The molecule has 2 nitrogen and oxygen atoms in total. The maximum absolute atomic E-state index is 12.9. The molecule has 0 spiro atoms. The summed E-state index contributed by atoms with van der Waals surface area (Å²) >= 11 is 0. The van der Waals surface area contributed by atoms with Crippen LogP contribution < -0.4 is 0 Å². The van der Waals surface area contributed by atoms with Crippen molar-refractivity contribution in [1.82, 2.24) is 4.90 Å². The second-order valence-corrected chi connectivity index (χ2v) is 7.05. The second kappa shape index (κ2) is 5.95. The molecule has 19 heavy (non-hydrogen) atoms. The van der Waals surface area contributed by atoms with Crippen LogP contribution in [0.2, 0.25) is 0 Å². The van der Waals surface area contributed by atoms with E-state index in [9.17, 15) is 4.79 Å². The number of nitrogens with zero attached hydrogens (tertiary/aromatic N) is 1. The monoisotopic (exact) mass is 263 g/mol. The summed E-state index contributed by atoms with van der Waals surface area (Å²) in [5.74, 6) is 1.46. The number of likely N-dealkylation sites (tertiary alicyclic amines) is 1. The van der Waals surface area contributed by atoms with Crippen molar-refractivity contribution in [2.75, 3.05) is 13.1 Å². The highest BCUT2D eigenvalue weighted by molar-refractivity contribution is 5.88. The van der Waals surface area contributed by atoms with Gasteiger partial charge in [0, 0.05) is 6.42 Å². The van der Waals surface area contributed by atoms with E-state index in [0.29, 0.717) is 5.78 Å². The van der Waals surface area contributed by atoms with E-state index in [1.54, 1.807) is 0 Å². The zero-order valence-corrected chi connectivity index (χ0v) is 12.3. The molecule has 0 amide bonds. The van der Waals surface area contributed by atoms with E-state index in [1.807, 2.05) is 0 Å². The van der Waals surface area contributed by atoms with Gasteiger partial charge in [0.2, 0.25) is 0 Å². The maximum Gasteiger partial charge on any atom is 0.153 e. The Morgan fingerprint density at radius 3 is 2.21 bits per heavy atom. The molecule has 0 aromatic heterocycles. The quantitative estimate of drug-likeness (QED) is 0.749. The Morgan fingerprint density at radius 1 is 0.947 bits per heavy atom. The Hall–Kier alpha value is -0.370. The molecular weight excluding hydrogens is 234 g/mol. The van der Waals surface area contributed by atoms with Crippen molar-refractivity contribution >= 4 is 5.78 Å². The zero-order chi connectivity index (χ0) is 13.1. The lowest BCUT2D eigenvalue weighted by molar-refractivity contribution is -0.130. The molecule has 1 heterocycles. The molecule has 3 fully saturated rings.